The van der Waals surface area contributed by atoms with Gasteiger partial charge in [0.1, 0.15) is 40.9 Å². The van der Waals surface area contributed by atoms with Gasteiger partial charge in [-0.3, -0.25) is 14.3 Å². The first kappa shape index (κ1) is 26.5. The molecule has 1 spiro atoms. The maximum atomic E-state index is 13.3. The van der Waals surface area contributed by atoms with Crippen LogP contribution in [0.4, 0.5) is 0 Å². The zero-order valence-electron chi connectivity index (χ0n) is 22.1. The Kier molecular flexibility index (Phi) is 5.93. The van der Waals surface area contributed by atoms with Crippen LogP contribution in [0.2, 0.25) is 0 Å². The molecule has 0 aliphatic carbocycles. The van der Waals surface area contributed by atoms with Gasteiger partial charge in [0.25, 0.3) is 5.56 Å². The van der Waals surface area contributed by atoms with Crippen LogP contribution < -0.4 is 16.0 Å². The molecule has 5 N–H and O–H groups in total. The summed E-state index contributed by atoms with van der Waals surface area (Å²) in [5.74, 6) is 5.33. The molecule has 3 aliphatic rings. The van der Waals surface area contributed by atoms with Gasteiger partial charge in [-0.1, -0.05) is 17.9 Å². The second-order valence-electron chi connectivity index (χ2n) is 10.4. The summed E-state index contributed by atoms with van der Waals surface area (Å²) in [6, 6.07) is 13.8. The molecule has 0 unspecified atom stereocenters. The van der Waals surface area contributed by atoms with Crippen LogP contribution in [0.3, 0.4) is 0 Å². The molecule has 0 saturated carbocycles. The fourth-order valence-corrected chi connectivity index (χ4v) is 5.76. The number of aliphatic hydroxyl groups excluding tert-OH is 2. The van der Waals surface area contributed by atoms with Crippen LogP contribution in [0.1, 0.15) is 50.8 Å². The minimum absolute atomic E-state index is 0.0370. The smallest absolute Gasteiger partial charge is 0.340 e. The Morgan fingerprint density at radius 2 is 1.60 bits per heavy atom. The normalized spacial score (nSPS) is 20.8. The van der Waals surface area contributed by atoms with Gasteiger partial charge in [-0.15, -0.1) is 0 Å². The number of phenols is 2. The van der Waals surface area contributed by atoms with Crippen LogP contribution in [-0.4, -0.2) is 54.8 Å². The number of hydrogen-bond donors (Lipinski definition) is 5. The predicted octanol–water partition coefficient (Wildman–Crippen LogP) is 1.56. The number of esters is 1. The van der Waals surface area contributed by atoms with Crippen molar-refractivity contribution in [1.82, 2.24) is 9.55 Å². The quantitative estimate of drug-likeness (QED) is 0.172. The minimum atomic E-state index is -1.42. The molecular formula is C31H22N2O10. The largest absolute Gasteiger partial charge is 0.508 e. The van der Waals surface area contributed by atoms with Gasteiger partial charge >= 0.3 is 11.7 Å². The summed E-state index contributed by atoms with van der Waals surface area (Å²) in [5, 5.41) is 39.6. The number of H-pyrrole nitrogens is 1. The molecule has 12 heteroatoms. The van der Waals surface area contributed by atoms with Crippen LogP contribution in [0.25, 0.3) is 0 Å². The van der Waals surface area contributed by atoms with Gasteiger partial charge < -0.3 is 34.6 Å². The first-order valence-corrected chi connectivity index (χ1v) is 13.2. The molecule has 0 bridgehead atoms. The molecule has 1 fully saturated rings. The van der Waals surface area contributed by atoms with Crippen LogP contribution in [0.5, 0.6) is 23.0 Å². The van der Waals surface area contributed by atoms with Gasteiger partial charge in [0.15, 0.2) is 5.60 Å². The standard InChI is InChI=1S/C31H22N2O10/c34-14-26-23(37)12-27(42-26)33-13-16(28(38)32-30(33)40)3-1-15-2-6-20-19(9-15)29(39)43-31(20)21-7-4-17(35)10-24(21)41-25-11-18(36)5-8-22(25)31/h2,4-11,13,23,26-27,34-37H,12,14H2,(H,32,38,40)/t23-,26+,27+/m0/s1. The predicted molar refractivity (Wildman–Crippen MR) is 147 cm³/mol. The number of fused-ring (bicyclic) bond motifs is 6. The summed E-state index contributed by atoms with van der Waals surface area (Å²) in [7, 11) is 0. The van der Waals surface area contributed by atoms with E-state index in [9.17, 15) is 34.8 Å². The van der Waals surface area contributed by atoms with Crippen LogP contribution in [-0.2, 0) is 15.1 Å². The number of carbonyl (C=O) groups excluding carboxylic acids is 1. The number of hydrogen-bond acceptors (Lipinski definition) is 10. The van der Waals surface area contributed by atoms with Gasteiger partial charge in [-0.25, -0.2) is 9.59 Å². The van der Waals surface area contributed by atoms with Crippen molar-refractivity contribution in [2.45, 2.75) is 30.5 Å². The van der Waals surface area contributed by atoms with Crippen molar-refractivity contribution in [2.24, 2.45) is 0 Å². The Balaban J connectivity index is 1.29. The third-order valence-electron chi connectivity index (χ3n) is 7.78. The van der Waals surface area contributed by atoms with Crippen LogP contribution >= 0.6 is 0 Å². The fraction of sp³-hybridized carbons (Fsp3) is 0.194. The third kappa shape index (κ3) is 4.10. The average molecular weight is 583 g/mol. The Labute approximate surface area is 242 Å². The fourth-order valence-electron chi connectivity index (χ4n) is 5.76. The molecule has 0 radical (unpaired) electrons. The molecule has 4 heterocycles. The van der Waals surface area contributed by atoms with E-state index >= 15 is 0 Å². The topological polar surface area (TPSA) is 181 Å². The van der Waals surface area contributed by atoms with E-state index in [4.69, 9.17) is 14.2 Å². The van der Waals surface area contributed by atoms with E-state index in [2.05, 4.69) is 16.8 Å². The molecule has 3 atom stereocenters. The number of phenolic OH excluding ortho intramolecular Hbond substituents is 2. The van der Waals surface area contributed by atoms with Crippen molar-refractivity contribution >= 4 is 5.97 Å². The molecule has 4 aromatic rings. The first-order chi connectivity index (χ1) is 20.7. The SMILES string of the molecule is O=C1OC2(c3ccc(O)cc3Oc3cc(O)ccc32)c2ccc(C#Cc3cn([C@H]4C[C@H](O)[C@@H](CO)O4)c(=O)[nH]c3=O)cc21. The Hall–Kier alpha value is -5.35. The summed E-state index contributed by atoms with van der Waals surface area (Å²) in [6.07, 6.45) is -1.49. The van der Waals surface area contributed by atoms with E-state index in [1.54, 1.807) is 24.3 Å². The third-order valence-corrected chi connectivity index (χ3v) is 7.78. The van der Waals surface area contributed by atoms with E-state index < -0.39 is 47.9 Å². The highest BCUT2D eigenvalue weighted by molar-refractivity contribution is 5.97. The van der Waals surface area contributed by atoms with Gasteiger partial charge in [0.2, 0.25) is 0 Å². The molecular weight excluding hydrogens is 560 g/mol. The molecule has 3 aliphatic heterocycles. The highest BCUT2D eigenvalue weighted by atomic mass is 16.6. The Bertz CT molecular complexity index is 1970. The lowest BCUT2D eigenvalue weighted by atomic mass is 9.77. The lowest BCUT2D eigenvalue weighted by Gasteiger charge is -2.36. The maximum Gasteiger partial charge on any atom is 0.340 e. The number of nitrogens with one attached hydrogen (secondary N) is 1. The van der Waals surface area contributed by atoms with Crippen molar-refractivity contribution in [3.05, 3.63) is 115 Å². The van der Waals surface area contributed by atoms with Crippen molar-refractivity contribution < 1.29 is 39.4 Å². The summed E-state index contributed by atoms with van der Waals surface area (Å²) in [6.45, 7) is -0.431. The minimum Gasteiger partial charge on any atom is -0.508 e. The number of aromatic amines is 1. The molecule has 43 heavy (non-hydrogen) atoms. The molecule has 7 rings (SSSR count). The van der Waals surface area contributed by atoms with Crippen molar-refractivity contribution in [3.8, 4) is 34.8 Å². The molecule has 216 valence electrons. The maximum absolute atomic E-state index is 13.3. The Morgan fingerprint density at radius 3 is 2.26 bits per heavy atom. The van der Waals surface area contributed by atoms with E-state index in [0.29, 0.717) is 22.3 Å². The number of benzene rings is 3. The highest BCUT2D eigenvalue weighted by Gasteiger charge is 2.53. The number of ether oxygens (including phenoxy) is 3. The molecule has 1 saturated heterocycles. The lowest BCUT2D eigenvalue weighted by Crippen LogP contribution is -2.33. The second kappa shape index (κ2) is 9.60. The summed E-state index contributed by atoms with van der Waals surface area (Å²) < 4.78 is 18.6. The zero-order chi connectivity index (χ0) is 30.0. The van der Waals surface area contributed by atoms with Gasteiger partial charge in [-0.05, 0) is 36.4 Å². The van der Waals surface area contributed by atoms with E-state index in [1.807, 2.05) is 0 Å². The number of aliphatic hydroxyl groups is 2. The average Bonchev–Trinajstić information content (AvgIpc) is 3.49. The van der Waals surface area contributed by atoms with Crippen molar-refractivity contribution in [1.29, 1.82) is 0 Å². The summed E-state index contributed by atoms with van der Waals surface area (Å²) >= 11 is 0. The van der Waals surface area contributed by atoms with Gasteiger partial charge in [-0.2, -0.15) is 0 Å². The van der Waals surface area contributed by atoms with Gasteiger partial charge in [0.05, 0.1) is 18.3 Å². The van der Waals surface area contributed by atoms with Gasteiger partial charge in [0, 0.05) is 47.0 Å². The van der Waals surface area contributed by atoms with Crippen molar-refractivity contribution in [2.75, 3.05) is 6.61 Å². The highest BCUT2D eigenvalue weighted by Crippen LogP contribution is 2.57. The second-order valence-corrected chi connectivity index (χ2v) is 10.4. The summed E-state index contributed by atoms with van der Waals surface area (Å²) in [5.41, 5.74) is -0.924. The van der Waals surface area contributed by atoms with Crippen molar-refractivity contribution in [3.63, 3.8) is 0 Å². The summed E-state index contributed by atoms with van der Waals surface area (Å²) in [4.78, 5) is 40.5. The number of rotatable bonds is 2. The van der Waals surface area contributed by atoms with E-state index in [0.717, 1.165) is 4.57 Å². The number of nitrogens with zero attached hydrogens (tertiary/aromatic N) is 1. The molecule has 12 nitrogen and oxygen atoms in total. The van der Waals surface area contributed by atoms with E-state index in [-0.39, 0.29) is 40.5 Å². The lowest BCUT2D eigenvalue weighted by molar-refractivity contribution is -0.0459. The number of aromatic hydroxyl groups is 2. The Morgan fingerprint density at radius 1 is 0.930 bits per heavy atom. The van der Waals surface area contributed by atoms with Crippen LogP contribution in [0, 0.1) is 11.8 Å². The molecule has 3 aromatic carbocycles. The monoisotopic (exact) mass is 582 g/mol. The van der Waals surface area contributed by atoms with E-state index in [1.165, 1.54) is 36.5 Å². The molecule has 1 aromatic heterocycles. The zero-order valence-corrected chi connectivity index (χ0v) is 22.1. The number of aromatic nitrogens is 2. The first-order valence-electron chi connectivity index (χ1n) is 13.2. The number of carbonyl (C=O) groups is 1. The van der Waals surface area contributed by atoms with Crippen LogP contribution in [0.15, 0.2) is 70.4 Å². The molecule has 0 amide bonds.